The fraction of sp³-hybridized carbons (Fsp3) is 0.147. The topological polar surface area (TPSA) is 106 Å². The molecule has 8 nitrogen and oxygen atoms in total. The van der Waals surface area contributed by atoms with Crippen molar-refractivity contribution < 1.29 is 28.2 Å². The van der Waals surface area contributed by atoms with E-state index >= 15 is 0 Å². The van der Waals surface area contributed by atoms with Crippen LogP contribution < -0.4 is 25.4 Å². The first kappa shape index (κ1) is 31.8. The molecule has 0 radical (unpaired) electrons. The van der Waals surface area contributed by atoms with Gasteiger partial charge in [0.15, 0.2) is 0 Å². The van der Waals surface area contributed by atoms with Gasteiger partial charge in [0.05, 0.1) is 25.2 Å². The van der Waals surface area contributed by atoms with Crippen LogP contribution in [0.3, 0.4) is 0 Å². The molecule has 4 aromatic carbocycles. The number of hydrogen-bond donors (Lipinski definition) is 3. The minimum Gasteiger partial charge on any atom is -0.497 e. The molecule has 1 unspecified atom stereocenters. The largest absolute Gasteiger partial charge is 0.497 e. The zero-order chi connectivity index (χ0) is 31.5. The van der Waals surface area contributed by atoms with E-state index in [1.807, 2.05) is 13.0 Å². The van der Waals surface area contributed by atoms with Crippen LogP contribution in [0.4, 0.5) is 15.8 Å². The number of nitrogens with one attached hydrogen (secondary N) is 3. The number of carbonyl (C=O) groups is 3. The maximum absolute atomic E-state index is 14.5. The number of benzene rings is 4. The van der Waals surface area contributed by atoms with Gasteiger partial charge in [-0.1, -0.05) is 49.4 Å². The van der Waals surface area contributed by atoms with Crippen LogP contribution in [0.5, 0.6) is 11.5 Å². The van der Waals surface area contributed by atoms with Crippen molar-refractivity contribution in [1.29, 1.82) is 0 Å². The molecule has 226 valence electrons. The van der Waals surface area contributed by atoms with E-state index in [-0.39, 0.29) is 17.2 Å². The third kappa shape index (κ3) is 8.48. The molecule has 0 saturated heterocycles. The van der Waals surface area contributed by atoms with Crippen LogP contribution in [0.15, 0.2) is 108 Å². The summed E-state index contributed by atoms with van der Waals surface area (Å²) in [5.41, 5.74) is 1.29. The van der Waals surface area contributed by atoms with Gasteiger partial charge in [-0.05, 0) is 61.0 Å². The predicted molar refractivity (Wildman–Crippen MR) is 171 cm³/mol. The summed E-state index contributed by atoms with van der Waals surface area (Å²) in [6, 6.07) is 26.5. The van der Waals surface area contributed by atoms with Crippen molar-refractivity contribution in [1.82, 2.24) is 5.32 Å². The van der Waals surface area contributed by atoms with E-state index in [0.717, 1.165) is 4.90 Å². The lowest BCUT2D eigenvalue weighted by atomic mass is 10.1. The lowest BCUT2D eigenvalue weighted by Crippen LogP contribution is -2.30. The average molecular weight is 614 g/mol. The van der Waals surface area contributed by atoms with Crippen molar-refractivity contribution in [2.75, 3.05) is 24.9 Å². The van der Waals surface area contributed by atoms with E-state index in [9.17, 15) is 18.8 Å². The number of thioether (sulfide) groups is 1. The van der Waals surface area contributed by atoms with Crippen LogP contribution in [-0.4, -0.2) is 37.2 Å². The Balaban J connectivity index is 1.50. The molecular weight excluding hydrogens is 581 g/mol. The minimum absolute atomic E-state index is 0.138. The molecule has 10 heteroatoms. The molecule has 0 spiro atoms. The second-order valence-corrected chi connectivity index (χ2v) is 10.7. The van der Waals surface area contributed by atoms with Crippen molar-refractivity contribution in [2.45, 2.75) is 23.5 Å². The maximum Gasteiger partial charge on any atom is 0.272 e. The van der Waals surface area contributed by atoms with Gasteiger partial charge in [0.1, 0.15) is 23.0 Å². The Kier molecular flexibility index (Phi) is 11.1. The van der Waals surface area contributed by atoms with E-state index in [1.54, 1.807) is 79.9 Å². The van der Waals surface area contributed by atoms with Crippen molar-refractivity contribution in [3.05, 3.63) is 120 Å². The summed E-state index contributed by atoms with van der Waals surface area (Å²) < 4.78 is 25.1. The molecule has 44 heavy (non-hydrogen) atoms. The summed E-state index contributed by atoms with van der Waals surface area (Å²) in [7, 11) is 3.06. The summed E-state index contributed by atoms with van der Waals surface area (Å²) >= 11 is 1.34. The molecule has 0 heterocycles. The number of ether oxygens (including phenoxy) is 2. The second kappa shape index (κ2) is 15.4. The van der Waals surface area contributed by atoms with Crippen LogP contribution in [-0.2, 0) is 9.59 Å². The van der Waals surface area contributed by atoms with Gasteiger partial charge in [0.2, 0.25) is 5.91 Å². The van der Waals surface area contributed by atoms with Gasteiger partial charge >= 0.3 is 0 Å². The van der Waals surface area contributed by atoms with Crippen molar-refractivity contribution in [2.24, 2.45) is 0 Å². The van der Waals surface area contributed by atoms with Gasteiger partial charge in [-0.3, -0.25) is 14.4 Å². The normalized spacial score (nSPS) is 11.7. The zero-order valence-corrected chi connectivity index (χ0v) is 25.2. The quantitative estimate of drug-likeness (QED) is 0.120. The minimum atomic E-state index is -0.643. The molecule has 0 fully saturated rings. The molecule has 4 rings (SSSR count). The molecule has 0 aromatic heterocycles. The lowest BCUT2D eigenvalue weighted by molar-refractivity contribution is -0.116. The first-order valence-corrected chi connectivity index (χ1v) is 14.6. The Hall–Kier alpha value is -5.09. The Morgan fingerprint density at radius 2 is 1.61 bits per heavy atom. The third-order valence-corrected chi connectivity index (χ3v) is 7.79. The monoisotopic (exact) mass is 613 g/mol. The first-order valence-electron chi connectivity index (χ1n) is 13.7. The molecule has 0 saturated carbocycles. The molecule has 3 amide bonds. The van der Waals surface area contributed by atoms with Crippen molar-refractivity contribution in [3.63, 3.8) is 0 Å². The number of hydrogen-bond acceptors (Lipinski definition) is 6. The highest BCUT2D eigenvalue weighted by atomic mass is 32.2. The van der Waals surface area contributed by atoms with Gasteiger partial charge in [0, 0.05) is 27.8 Å². The predicted octanol–water partition coefficient (Wildman–Crippen LogP) is 6.76. The van der Waals surface area contributed by atoms with Gasteiger partial charge in [-0.15, -0.1) is 11.8 Å². The Bertz CT molecular complexity index is 1660. The molecule has 0 bridgehead atoms. The number of rotatable bonds is 12. The highest BCUT2D eigenvalue weighted by molar-refractivity contribution is 8.00. The van der Waals surface area contributed by atoms with Crippen LogP contribution in [0.25, 0.3) is 6.08 Å². The highest BCUT2D eigenvalue weighted by Crippen LogP contribution is 2.32. The van der Waals surface area contributed by atoms with Gasteiger partial charge < -0.3 is 25.4 Å². The molecule has 0 aliphatic carbocycles. The van der Waals surface area contributed by atoms with E-state index in [1.165, 1.54) is 43.1 Å². The molecule has 3 N–H and O–H groups in total. The number of anilines is 2. The summed E-state index contributed by atoms with van der Waals surface area (Å²) in [4.78, 5) is 40.2. The summed E-state index contributed by atoms with van der Waals surface area (Å²) in [5, 5.41) is 7.85. The fourth-order valence-electron chi connectivity index (χ4n) is 4.14. The molecule has 1 atom stereocenters. The van der Waals surface area contributed by atoms with Gasteiger partial charge in [-0.25, -0.2) is 4.39 Å². The first-order chi connectivity index (χ1) is 21.3. The fourth-order valence-corrected chi connectivity index (χ4v) is 5.15. The smallest absolute Gasteiger partial charge is 0.272 e. The molecule has 4 aromatic rings. The summed E-state index contributed by atoms with van der Waals surface area (Å²) in [6.45, 7) is 1.91. The van der Waals surface area contributed by atoms with Crippen LogP contribution in [0, 0.1) is 5.82 Å². The van der Waals surface area contributed by atoms with E-state index in [0.29, 0.717) is 34.9 Å². The number of amides is 3. The average Bonchev–Trinajstić information content (AvgIpc) is 3.04. The lowest BCUT2D eigenvalue weighted by Gasteiger charge is -2.17. The van der Waals surface area contributed by atoms with Crippen molar-refractivity contribution >= 4 is 46.9 Å². The van der Waals surface area contributed by atoms with Crippen LogP contribution in [0.1, 0.15) is 29.3 Å². The van der Waals surface area contributed by atoms with E-state index in [4.69, 9.17) is 9.47 Å². The standard InChI is InChI=1S/C34H32FN3O5S/c1-4-31(34(41)37-28-18-17-25(42-2)21-30(28)43-3)44-26-15-10-14-24(20-26)36-33(40)29(19-23-13-8-9-16-27(23)35)38-32(39)22-11-6-5-7-12-22/h5-21,31H,4H2,1-3H3,(H,36,40)(H,37,41)(H,38,39)/b29-19-. The molecule has 0 aliphatic rings. The summed E-state index contributed by atoms with van der Waals surface area (Å²) in [6.07, 6.45) is 1.82. The Morgan fingerprint density at radius 3 is 2.32 bits per heavy atom. The van der Waals surface area contributed by atoms with Crippen LogP contribution >= 0.6 is 11.8 Å². The molecule has 0 aliphatic heterocycles. The van der Waals surface area contributed by atoms with Crippen molar-refractivity contribution in [3.8, 4) is 11.5 Å². The number of methoxy groups -OCH3 is 2. The maximum atomic E-state index is 14.5. The van der Waals surface area contributed by atoms with Crippen LogP contribution in [0.2, 0.25) is 0 Å². The van der Waals surface area contributed by atoms with E-state index < -0.39 is 22.9 Å². The third-order valence-electron chi connectivity index (χ3n) is 6.43. The van der Waals surface area contributed by atoms with E-state index in [2.05, 4.69) is 16.0 Å². The Labute approximate surface area is 259 Å². The zero-order valence-electron chi connectivity index (χ0n) is 24.4. The Morgan fingerprint density at radius 1 is 0.864 bits per heavy atom. The second-order valence-electron chi connectivity index (χ2n) is 9.45. The van der Waals surface area contributed by atoms with Gasteiger partial charge in [0.25, 0.3) is 11.8 Å². The van der Waals surface area contributed by atoms with Gasteiger partial charge in [-0.2, -0.15) is 0 Å². The summed E-state index contributed by atoms with van der Waals surface area (Å²) in [5.74, 6) is -0.836. The number of carbonyl (C=O) groups excluding carboxylic acids is 3. The number of halogens is 1. The highest BCUT2D eigenvalue weighted by Gasteiger charge is 2.21. The molecular formula is C34H32FN3O5S. The SMILES string of the molecule is CCC(Sc1cccc(NC(=O)/C(=C/c2ccccc2F)NC(=O)c2ccccc2)c1)C(=O)Nc1ccc(OC)cc1OC.